The van der Waals surface area contributed by atoms with Gasteiger partial charge in [-0.15, -0.1) is 0 Å². The molecule has 0 amide bonds. The lowest BCUT2D eigenvalue weighted by Gasteiger charge is -2.23. The monoisotopic (exact) mass is 594 g/mol. The fourth-order valence-electron chi connectivity index (χ4n) is 8.22. The lowest BCUT2D eigenvalue weighted by atomic mass is 9.88. The average Bonchev–Trinajstić information content (AvgIpc) is 3.13. The molecule has 1 nitrogen and oxygen atoms in total. The summed E-state index contributed by atoms with van der Waals surface area (Å²) in [5, 5.41) is 15.2. The van der Waals surface area contributed by atoms with Crippen molar-refractivity contribution in [3.05, 3.63) is 158 Å². The maximum absolute atomic E-state index is 6.60. The van der Waals surface area contributed by atoms with Crippen molar-refractivity contribution >= 4 is 64.6 Å². The van der Waals surface area contributed by atoms with Gasteiger partial charge >= 0.3 is 0 Å². The summed E-state index contributed by atoms with van der Waals surface area (Å²) >= 11 is 0. The first-order valence-corrected chi connectivity index (χ1v) is 16.3. The standard InChI is InChI=1S/C46H26O/c1-2-10-34-31(6-1)26-43-46-37(34)12-5-13-38(46)41-25-33(20-23-42(41)47-43)35-11-4-7-27-14-17-32(24-40(27)35)36-21-18-30-16-15-28-8-3-9-29-19-22-39(36)45(30)44(28)29/h1-26H. The first-order chi connectivity index (χ1) is 23.3. The van der Waals surface area contributed by atoms with E-state index < -0.39 is 0 Å². The van der Waals surface area contributed by atoms with Gasteiger partial charge in [0.2, 0.25) is 0 Å². The first-order valence-electron chi connectivity index (χ1n) is 16.3. The van der Waals surface area contributed by atoms with Gasteiger partial charge in [0.1, 0.15) is 11.5 Å². The van der Waals surface area contributed by atoms with Crippen LogP contribution in [0.1, 0.15) is 0 Å². The number of fused-ring (bicyclic) bond motifs is 5. The molecule has 47 heavy (non-hydrogen) atoms. The van der Waals surface area contributed by atoms with E-state index in [0.29, 0.717) is 0 Å². The number of hydrogen-bond acceptors (Lipinski definition) is 1. The van der Waals surface area contributed by atoms with Gasteiger partial charge in [-0.05, 0) is 111 Å². The molecule has 11 rings (SSSR count). The summed E-state index contributed by atoms with van der Waals surface area (Å²) in [5.74, 6) is 1.83. The number of benzene rings is 10. The van der Waals surface area contributed by atoms with Gasteiger partial charge in [0.05, 0.1) is 0 Å². The van der Waals surface area contributed by atoms with E-state index in [1.165, 1.54) is 92.5 Å². The Bertz CT molecular complexity index is 2910. The molecule has 0 fully saturated rings. The maximum atomic E-state index is 6.60. The summed E-state index contributed by atoms with van der Waals surface area (Å²) in [6.45, 7) is 0. The Morgan fingerprint density at radius 2 is 0.915 bits per heavy atom. The van der Waals surface area contributed by atoms with Crippen molar-refractivity contribution in [2.45, 2.75) is 0 Å². The van der Waals surface area contributed by atoms with Gasteiger partial charge in [-0.25, -0.2) is 0 Å². The maximum Gasteiger partial charge on any atom is 0.136 e. The molecule has 0 unspecified atom stereocenters. The molecule has 10 aromatic carbocycles. The van der Waals surface area contributed by atoms with Crippen LogP contribution in [0.5, 0.6) is 11.5 Å². The predicted molar refractivity (Wildman–Crippen MR) is 199 cm³/mol. The molecule has 10 aromatic rings. The zero-order valence-corrected chi connectivity index (χ0v) is 25.4. The van der Waals surface area contributed by atoms with Gasteiger partial charge in [-0.2, -0.15) is 0 Å². The molecular formula is C46H26O. The molecular weight excluding hydrogens is 569 g/mol. The topological polar surface area (TPSA) is 9.23 Å². The van der Waals surface area contributed by atoms with Crippen molar-refractivity contribution in [1.82, 2.24) is 0 Å². The van der Waals surface area contributed by atoms with E-state index in [0.717, 1.165) is 17.1 Å². The number of rotatable bonds is 2. The normalized spacial score (nSPS) is 12.4. The van der Waals surface area contributed by atoms with Crippen LogP contribution >= 0.6 is 0 Å². The van der Waals surface area contributed by atoms with Crippen molar-refractivity contribution in [3.63, 3.8) is 0 Å². The molecule has 1 aliphatic heterocycles. The lowest BCUT2D eigenvalue weighted by molar-refractivity contribution is 0.488. The molecule has 216 valence electrons. The van der Waals surface area contributed by atoms with Gasteiger partial charge in [0.15, 0.2) is 0 Å². The first kappa shape index (κ1) is 25.1. The fraction of sp³-hybridized carbons (Fsp3) is 0. The van der Waals surface area contributed by atoms with Crippen LogP contribution in [-0.2, 0) is 0 Å². The van der Waals surface area contributed by atoms with Crippen molar-refractivity contribution in [3.8, 4) is 44.9 Å². The summed E-state index contributed by atoms with van der Waals surface area (Å²) in [5.41, 5.74) is 7.27. The minimum atomic E-state index is 0.901. The number of hydrogen-bond donors (Lipinski definition) is 0. The quantitative estimate of drug-likeness (QED) is 0.181. The summed E-state index contributed by atoms with van der Waals surface area (Å²) in [7, 11) is 0. The Kier molecular flexibility index (Phi) is 4.90. The molecule has 1 heterocycles. The van der Waals surface area contributed by atoms with E-state index in [2.05, 4.69) is 158 Å². The second-order valence-electron chi connectivity index (χ2n) is 12.8. The minimum absolute atomic E-state index is 0.901. The van der Waals surface area contributed by atoms with Gasteiger partial charge in [0, 0.05) is 10.9 Å². The third-order valence-electron chi connectivity index (χ3n) is 10.4. The third kappa shape index (κ3) is 3.49. The van der Waals surface area contributed by atoms with Crippen LogP contribution in [0.4, 0.5) is 0 Å². The molecule has 0 saturated heterocycles. The predicted octanol–water partition coefficient (Wildman–Crippen LogP) is 13.2. The van der Waals surface area contributed by atoms with Crippen LogP contribution in [0.3, 0.4) is 0 Å². The highest BCUT2D eigenvalue weighted by molar-refractivity contribution is 6.25. The summed E-state index contributed by atoms with van der Waals surface area (Å²) in [6.07, 6.45) is 0. The SMILES string of the molecule is c1cc(-c2ccc3c(c2)-c2cccc4c2c(cc2ccccc24)O3)c2cc(-c3ccc4ccc5cccc6ccc3c4c56)ccc2c1. The Labute approximate surface area is 271 Å². The van der Waals surface area contributed by atoms with Gasteiger partial charge in [-0.1, -0.05) is 133 Å². The second-order valence-corrected chi connectivity index (χ2v) is 12.8. The van der Waals surface area contributed by atoms with Gasteiger partial charge in [0.25, 0.3) is 0 Å². The highest BCUT2D eigenvalue weighted by Crippen LogP contribution is 2.50. The molecule has 0 N–H and O–H groups in total. The van der Waals surface area contributed by atoms with E-state index in [1.54, 1.807) is 0 Å². The highest BCUT2D eigenvalue weighted by Gasteiger charge is 2.22. The van der Waals surface area contributed by atoms with E-state index in [1.807, 2.05) is 0 Å². The zero-order valence-electron chi connectivity index (χ0n) is 25.4. The van der Waals surface area contributed by atoms with Crippen molar-refractivity contribution in [1.29, 1.82) is 0 Å². The van der Waals surface area contributed by atoms with Crippen LogP contribution in [0.2, 0.25) is 0 Å². The zero-order chi connectivity index (χ0) is 30.6. The van der Waals surface area contributed by atoms with Crippen LogP contribution in [0, 0.1) is 0 Å². The Hall–Kier alpha value is -6.18. The Morgan fingerprint density at radius 3 is 1.85 bits per heavy atom. The van der Waals surface area contributed by atoms with Crippen LogP contribution < -0.4 is 4.74 Å². The Balaban J connectivity index is 1.11. The van der Waals surface area contributed by atoms with E-state index in [9.17, 15) is 0 Å². The van der Waals surface area contributed by atoms with Crippen LogP contribution in [0.25, 0.3) is 98.0 Å². The molecule has 1 aliphatic rings. The average molecular weight is 595 g/mol. The van der Waals surface area contributed by atoms with E-state index >= 15 is 0 Å². The van der Waals surface area contributed by atoms with Crippen LogP contribution in [-0.4, -0.2) is 0 Å². The molecule has 1 heteroatoms. The minimum Gasteiger partial charge on any atom is -0.456 e. The lowest BCUT2D eigenvalue weighted by Crippen LogP contribution is -1.98. The van der Waals surface area contributed by atoms with Crippen molar-refractivity contribution in [2.24, 2.45) is 0 Å². The molecule has 0 aliphatic carbocycles. The summed E-state index contributed by atoms with van der Waals surface area (Å²) in [4.78, 5) is 0. The van der Waals surface area contributed by atoms with Crippen molar-refractivity contribution < 1.29 is 4.74 Å². The molecule has 0 spiro atoms. The summed E-state index contributed by atoms with van der Waals surface area (Å²) < 4.78 is 6.60. The third-order valence-corrected chi connectivity index (χ3v) is 10.4. The van der Waals surface area contributed by atoms with E-state index in [-0.39, 0.29) is 0 Å². The number of ether oxygens (including phenoxy) is 1. The molecule has 0 saturated carbocycles. The largest absolute Gasteiger partial charge is 0.456 e. The van der Waals surface area contributed by atoms with E-state index in [4.69, 9.17) is 4.74 Å². The van der Waals surface area contributed by atoms with Gasteiger partial charge in [-0.3, -0.25) is 0 Å². The van der Waals surface area contributed by atoms with Gasteiger partial charge < -0.3 is 4.74 Å². The molecule has 0 bridgehead atoms. The smallest absolute Gasteiger partial charge is 0.136 e. The molecule has 0 radical (unpaired) electrons. The molecule has 0 aromatic heterocycles. The second kappa shape index (κ2) is 9.19. The van der Waals surface area contributed by atoms with Crippen LogP contribution in [0.15, 0.2) is 158 Å². The molecule has 0 atom stereocenters. The van der Waals surface area contributed by atoms with Crippen molar-refractivity contribution in [2.75, 3.05) is 0 Å². The summed E-state index contributed by atoms with van der Waals surface area (Å²) in [6, 6.07) is 57.9. The fourth-order valence-corrected chi connectivity index (χ4v) is 8.22. The Morgan fingerprint density at radius 1 is 0.277 bits per heavy atom. The highest BCUT2D eigenvalue weighted by atomic mass is 16.5.